The van der Waals surface area contributed by atoms with Crippen LogP contribution in [0.1, 0.15) is 17.3 Å². The van der Waals surface area contributed by atoms with E-state index < -0.39 is 0 Å². The predicted octanol–water partition coefficient (Wildman–Crippen LogP) is 1.37. The van der Waals surface area contributed by atoms with Crippen LogP contribution in [0.5, 0.6) is 5.75 Å². The number of hydrogen-bond acceptors (Lipinski definition) is 3. The second-order valence-corrected chi connectivity index (χ2v) is 3.59. The summed E-state index contributed by atoms with van der Waals surface area (Å²) in [6, 6.07) is 4.95. The molecule has 0 bridgehead atoms. The van der Waals surface area contributed by atoms with E-state index in [-0.39, 0.29) is 12.5 Å². The lowest BCUT2D eigenvalue weighted by Gasteiger charge is -2.15. The molecular weight excluding hydrogens is 216 g/mol. The van der Waals surface area contributed by atoms with E-state index in [2.05, 4.69) is 5.92 Å². The number of carbonyl (C=O) groups is 1. The summed E-state index contributed by atoms with van der Waals surface area (Å²) in [6.07, 6.45) is 5.16. The Balaban J connectivity index is 2.97. The number of nitrogen functional groups attached to an aromatic ring is 1. The summed E-state index contributed by atoms with van der Waals surface area (Å²) >= 11 is 0. The van der Waals surface area contributed by atoms with Crippen molar-refractivity contribution in [2.45, 2.75) is 6.92 Å². The number of benzene rings is 1. The number of hydrogen-bond donors (Lipinski definition) is 1. The normalized spacial score (nSPS) is 9.47. The molecule has 0 unspecified atom stereocenters. The van der Waals surface area contributed by atoms with Crippen LogP contribution in [0.4, 0.5) is 5.69 Å². The van der Waals surface area contributed by atoms with Crippen LogP contribution in [0.15, 0.2) is 18.2 Å². The Labute approximate surface area is 101 Å². The molecule has 0 spiro atoms. The van der Waals surface area contributed by atoms with Crippen molar-refractivity contribution in [3.63, 3.8) is 0 Å². The topological polar surface area (TPSA) is 55.6 Å². The molecule has 17 heavy (non-hydrogen) atoms. The molecule has 0 saturated heterocycles. The van der Waals surface area contributed by atoms with Gasteiger partial charge >= 0.3 is 0 Å². The van der Waals surface area contributed by atoms with Gasteiger partial charge in [0, 0.05) is 24.4 Å². The summed E-state index contributed by atoms with van der Waals surface area (Å²) in [5.74, 6) is 2.83. The maximum atomic E-state index is 12.0. The summed E-state index contributed by atoms with van der Waals surface area (Å²) in [5, 5.41) is 0. The first-order valence-electron chi connectivity index (χ1n) is 5.30. The van der Waals surface area contributed by atoms with Gasteiger partial charge in [0.2, 0.25) is 0 Å². The van der Waals surface area contributed by atoms with Crippen molar-refractivity contribution >= 4 is 11.6 Å². The number of ether oxygens (including phenoxy) is 1. The van der Waals surface area contributed by atoms with Crippen molar-refractivity contribution in [1.82, 2.24) is 4.90 Å². The summed E-state index contributed by atoms with van der Waals surface area (Å²) in [7, 11) is 1.64. The van der Waals surface area contributed by atoms with E-state index in [9.17, 15) is 4.79 Å². The van der Waals surface area contributed by atoms with E-state index in [1.807, 2.05) is 6.92 Å². The molecule has 4 nitrogen and oxygen atoms in total. The lowest BCUT2D eigenvalue weighted by Crippen LogP contribution is -2.27. The Bertz CT molecular complexity index is 449. The van der Waals surface area contributed by atoms with Gasteiger partial charge < -0.3 is 15.4 Å². The third-order valence-electron chi connectivity index (χ3n) is 2.16. The van der Waals surface area contributed by atoms with Crippen LogP contribution >= 0.6 is 0 Å². The number of amides is 1. The second-order valence-electron chi connectivity index (χ2n) is 3.59. The molecule has 0 heterocycles. The molecule has 0 aliphatic heterocycles. The van der Waals surface area contributed by atoms with Gasteiger partial charge in [-0.05, 0) is 19.1 Å². The number of anilines is 1. The third kappa shape index (κ3) is 3.42. The highest BCUT2D eigenvalue weighted by Gasteiger charge is 2.12. The van der Waals surface area contributed by atoms with Crippen LogP contribution in [0, 0.1) is 12.3 Å². The fourth-order valence-corrected chi connectivity index (χ4v) is 1.42. The van der Waals surface area contributed by atoms with Gasteiger partial charge in [-0.3, -0.25) is 4.79 Å². The van der Waals surface area contributed by atoms with Crippen molar-refractivity contribution in [2.75, 3.05) is 25.9 Å². The highest BCUT2D eigenvalue weighted by atomic mass is 16.5. The first-order valence-corrected chi connectivity index (χ1v) is 5.30. The zero-order valence-corrected chi connectivity index (χ0v) is 10.1. The Morgan fingerprint density at radius 1 is 1.53 bits per heavy atom. The van der Waals surface area contributed by atoms with Crippen molar-refractivity contribution < 1.29 is 9.53 Å². The molecule has 90 valence electrons. The van der Waals surface area contributed by atoms with Gasteiger partial charge in [-0.15, -0.1) is 6.42 Å². The number of nitrogens with zero attached hydrogens (tertiary/aromatic N) is 1. The number of terminal acetylenes is 1. The zero-order chi connectivity index (χ0) is 12.8. The van der Waals surface area contributed by atoms with Crippen molar-refractivity contribution in [2.24, 2.45) is 0 Å². The van der Waals surface area contributed by atoms with E-state index in [4.69, 9.17) is 16.9 Å². The van der Waals surface area contributed by atoms with E-state index in [1.54, 1.807) is 25.2 Å². The fraction of sp³-hybridized carbons (Fsp3) is 0.308. The van der Waals surface area contributed by atoms with Crippen molar-refractivity contribution in [1.29, 1.82) is 0 Å². The molecule has 2 N–H and O–H groups in total. The van der Waals surface area contributed by atoms with Gasteiger partial charge in [0.15, 0.2) is 0 Å². The lowest BCUT2D eigenvalue weighted by molar-refractivity contribution is 0.0812. The minimum Gasteiger partial charge on any atom is -0.494 e. The van der Waals surface area contributed by atoms with Gasteiger partial charge in [-0.2, -0.15) is 0 Å². The number of rotatable bonds is 4. The summed E-state index contributed by atoms with van der Waals surface area (Å²) in [4.78, 5) is 13.4. The maximum Gasteiger partial charge on any atom is 0.254 e. The van der Waals surface area contributed by atoms with Crippen molar-refractivity contribution in [3.05, 3.63) is 23.8 Å². The van der Waals surface area contributed by atoms with E-state index in [0.717, 1.165) is 0 Å². The molecule has 1 rings (SSSR count). The Morgan fingerprint density at radius 2 is 2.24 bits per heavy atom. The van der Waals surface area contributed by atoms with E-state index in [0.29, 0.717) is 23.6 Å². The quantitative estimate of drug-likeness (QED) is 0.630. The summed E-state index contributed by atoms with van der Waals surface area (Å²) < 4.78 is 5.33. The highest BCUT2D eigenvalue weighted by molar-refractivity contribution is 5.95. The lowest BCUT2D eigenvalue weighted by atomic mass is 10.1. The fourth-order valence-electron chi connectivity index (χ4n) is 1.42. The van der Waals surface area contributed by atoms with Crippen LogP contribution in [-0.2, 0) is 0 Å². The number of carbonyl (C=O) groups excluding carboxylic acids is 1. The largest absolute Gasteiger partial charge is 0.494 e. The minimum absolute atomic E-state index is 0.170. The predicted molar refractivity (Wildman–Crippen MR) is 67.8 cm³/mol. The average molecular weight is 232 g/mol. The van der Waals surface area contributed by atoms with Crippen LogP contribution in [0.25, 0.3) is 0 Å². The van der Waals surface area contributed by atoms with Crippen LogP contribution in [-0.4, -0.2) is 31.0 Å². The smallest absolute Gasteiger partial charge is 0.254 e. The molecule has 1 aromatic rings. The molecule has 0 atom stereocenters. The first kappa shape index (κ1) is 12.9. The molecule has 4 heteroatoms. The van der Waals surface area contributed by atoms with Crippen molar-refractivity contribution in [3.8, 4) is 18.1 Å². The molecule has 0 radical (unpaired) electrons. The molecule has 0 fully saturated rings. The molecule has 0 aromatic heterocycles. The first-order chi connectivity index (χ1) is 8.08. The number of nitrogens with two attached hydrogens (primary N) is 1. The maximum absolute atomic E-state index is 12.0. The van der Waals surface area contributed by atoms with Gasteiger partial charge in [-0.1, -0.05) is 5.92 Å². The average Bonchev–Trinajstić information content (AvgIpc) is 2.28. The van der Waals surface area contributed by atoms with Gasteiger partial charge in [0.1, 0.15) is 5.75 Å². The monoisotopic (exact) mass is 232 g/mol. The Hall–Kier alpha value is -2.15. The van der Waals surface area contributed by atoms with E-state index >= 15 is 0 Å². The zero-order valence-electron chi connectivity index (χ0n) is 10.1. The Kier molecular flexibility index (Phi) is 4.41. The molecule has 0 aliphatic carbocycles. The van der Waals surface area contributed by atoms with Gasteiger partial charge in [0.25, 0.3) is 5.91 Å². The molecule has 1 amide bonds. The third-order valence-corrected chi connectivity index (χ3v) is 2.16. The molecule has 0 aliphatic rings. The van der Waals surface area contributed by atoms with Crippen LogP contribution < -0.4 is 10.5 Å². The second kappa shape index (κ2) is 5.80. The highest BCUT2D eigenvalue weighted by Crippen LogP contribution is 2.19. The minimum atomic E-state index is -0.170. The van der Waals surface area contributed by atoms with E-state index in [1.165, 1.54) is 4.90 Å². The summed E-state index contributed by atoms with van der Waals surface area (Å²) in [5.41, 5.74) is 6.68. The molecular formula is C13H16N2O2. The SMILES string of the molecule is C#CCN(C)C(=O)c1cc(N)cc(OCC)c1. The molecule has 1 aromatic carbocycles. The van der Waals surface area contributed by atoms with Crippen LogP contribution in [0.3, 0.4) is 0 Å². The van der Waals surface area contributed by atoms with Crippen LogP contribution in [0.2, 0.25) is 0 Å². The van der Waals surface area contributed by atoms with Gasteiger partial charge in [-0.25, -0.2) is 0 Å². The summed E-state index contributed by atoms with van der Waals surface area (Å²) in [6.45, 7) is 2.66. The van der Waals surface area contributed by atoms with Gasteiger partial charge in [0.05, 0.1) is 13.2 Å². The standard InChI is InChI=1S/C13H16N2O2/c1-4-6-15(3)13(16)10-7-11(14)9-12(8-10)17-5-2/h1,7-9H,5-6,14H2,2-3H3. The molecule has 0 saturated carbocycles. The Morgan fingerprint density at radius 3 is 2.82 bits per heavy atom.